The van der Waals surface area contributed by atoms with Crippen molar-refractivity contribution in [3.63, 3.8) is 0 Å². The van der Waals surface area contributed by atoms with Gasteiger partial charge in [-0.15, -0.1) is 0 Å². The molecular formula is C14H17BrN4O2. The smallest absolute Gasteiger partial charge is 0.404 e. The molecule has 1 amide bonds. The van der Waals surface area contributed by atoms with Crippen LogP contribution in [-0.4, -0.2) is 40.2 Å². The van der Waals surface area contributed by atoms with Crippen LogP contribution in [0.2, 0.25) is 0 Å². The molecule has 0 aliphatic carbocycles. The Morgan fingerprint density at radius 1 is 1.52 bits per heavy atom. The summed E-state index contributed by atoms with van der Waals surface area (Å²) in [5.74, 6) is 0. The second-order valence-corrected chi connectivity index (χ2v) is 6.19. The van der Waals surface area contributed by atoms with Gasteiger partial charge in [-0.25, -0.2) is 9.78 Å². The average molecular weight is 353 g/mol. The first kappa shape index (κ1) is 14.3. The molecule has 0 unspecified atom stereocenters. The van der Waals surface area contributed by atoms with Gasteiger partial charge in [0.2, 0.25) is 0 Å². The zero-order valence-electron chi connectivity index (χ0n) is 11.5. The van der Waals surface area contributed by atoms with Gasteiger partial charge in [-0.3, -0.25) is 4.90 Å². The molecule has 3 N–H and O–H groups in total. The number of ether oxygens (including phenoxy) is 1. The Balaban J connectivity index is 1.64. The Kier molecular flexibility index (Phi) is 4.12. The van der Waals surface area contributed by atoms with E-state index in [-0.39, 0.29) is 6.10 Å². The second-order valence-electron chi connectivity index (χ2n) is 5.28. The maximum atomic E-state index is 10.8. The summed E-state index contributed by atoms with van der Waals surface area (Å²) in [6.07, 6.45) is 4.73. The van der Waals surface area contributed by atoms with E-state index >= 15 is 0 Å². The highest BCUT2D eigenvalue weighted by Gasteiger charge is 2.22. The molecule has 7 heteroatoms. The van der Waals surface area contributed by atoms with E-state index in [1.54, 1.807) is 6.20 Å². The fourth-order valence-electron chi connectivity index (χ4n) is 2.75. The molecule has 0 bridgehead atoms. The molecule has 1 fully saturated rings. The highest BCUT2D eigenvalue weighted by Crippen LogP contribution is 2.23. The monoisotopic (exact) mass is 352 g/mol. The molecule has 21 heavy (non-hydrogen) atoms. The van der Waals surface area contributed by atoms with Crippen molar-refractivity contribution in [2.24, 2.45) is 5.73 Å². The lowest BCUT2D eigenvalue weighted by atomic mass is 10.1. The summed E-state index contributed by atoms with van der Waals surface area (Å²) in [6, 6.07) is 2.08. The standard InChI is InChI=1S/C14H17BrN4O2/c15-10-5-12-9(6-17-13(12)18-7-10)8-19-3-1-11(2-4-19)21-14(16)20/h5-7,11H,1-4,8H2,(H2,16,20)(H,17,18). The number of likely N-dealkylation sites (tertiary alicyclic amines) is 1. The molecule has 1 aliphatic heterocycles. The lowest BCUT2D eigenvalue weighted by Gasteiger charge is -2.31. The summed E-state index contributed by atoms with van der Waals surface area (Å²) >= 11 is 3.46. The quantitative estimate of drug-likeness (QED) is 0.887. The third-order valence-corrected chi connectivity index (χ3v) is 4.23. The molecule has 6 nitrogen and oxygen atoms in total. The Morgan fingerprint density at radius 2 is 2.29 bits per heavy atom. The number of amides is 1. The number of H-pyrrole nitrogens is 1. The number of halogens is 1. The predicted molar refractivity (Wildman–Crippen MR) is 82.8 cm³/mol. The Bertz CT molecular complexity index is 649. The number of primary amides is 1. The SMILES string of the molecule is NC(=O)OC1CCN(Cc2c[nH]c3ncc(Br)cc23)CC1. The fraction of sp³-hybridized carbons (Fsp3) is 0.429. The van der Waals surface area contributed by atoms with Crippen LogP contribution >= 0.6 is 15.9 Å². The summed E-state index contributed by atoms with van der Waals surface area (Å²) in [5, 5.41) is 1.14. The molecule has 0 spiro atoms. The van der Waals surface area contributed by atoms with Crippen molar-refractivity contribution >= 4 is 33.1 Å². The number of piperidine rings is 1. The average Bonchev–Trinajstić information content (AvgIpc) is 2.83. The van der Waals surface area contributed by atoms with Gasteiger partial charge in [0.1, 0.15) is 11.8 Å². The van der Waals surface area contributed by atoms with Crippen molar-refractivity contribution in [1.82, 2.24) is 14.9 Å². The summed E-state index contributed by atoms with van der Waals surface area (Å²) < 4.78 is 6.03. The Hall–Kier alpha value is -1.60. The van der Waals surface area contributed by atoms with E-state index in [0.29, 0.717) is 0 Å². The zero-order chi connectivity index (χ0) is 14.8. The molecule has 0 radical (unpaired) electrons. The minimum atomic E-state index is -0.680. The lowest BCUT2D eigenvalue weighted by molar-refractivity contribution is 0.0542. The third-order valence-electron chi connectivity index (χ3n) is 3.79. The highest BCUT2D eigenvalue weighted by molar-refractivity contribution is 9.10. The molecule has 3 heterocycles. The normalized spacial score (nSPS) is 17.2. The van der Waals surface area contributed by atoms with Crippen molar-refractivity contribution in [2.45, 2.75) is 25.5 Å². The minimum absolute atomic E-state index is 0.0440. The van der Waals surface area contributed by atoms with Crippen LogP contribution in [0.1, 0.15) is 18.4 Å². The number of nitrogens with two attached hydrogens (primary N) is 1. The highest BCUT2D eigenvalue weighted by atomic mass is 79.9. The molecule has 0 aromatic carbocycles. The summed E-state index contributed by atoms with van der Waals surface area (Å²) in [6.45, 7) is 2.65. The number of carbonyl (C=O) groups excluding carboxylic acids is 1. The van der Waals surface area contributed by atoms with Gasteiger partial charge >= 0.3 is 6.09 Å². The summed E-state index contributed by atoms with van der Waals surface area (Å²) in [7, 11) is 0. The molecule has 2 aromatic heterocycles. The number of pyridine rings is 1. The first-order valence-electron chi connectivity index (χ1n) is 6.92. The third kappa shape index (κ3) is 3.36. The number of nitrogens with zero attached hydrogens (tertiary/aromatic N) is 2. The van der Waals surface area contributed by atoms with Gasteiger partial charge in [0.05, 0.1) is 0 Å². The Labute approximate surface area is 130 Å². The van der Waals surface area contributed by atoms with Crippen molar-refractivity contribution in [2.75, 3.05) is 13.1 Å². The first-order valence-corrected chi connectivity index (χ1v) is 7.71. The van der Waals surface area contributed by atoms with Crippen LogP contribution in [0, 0.1) is 0 Å². The van der Waals surface area contributed by atoms with Crippen molar-refractivity contribution in [3.8, 4) is 0 Å². The van der Waals surface area contributed by atoms with Crippen LogP contribution in [0.5, 0.6) is 0 Å². The number of aromatic amines is 1. The predicted octanol–water partition coefficient (Wildman–Crippen LogP) is 2.39. The number of hydrogen-bond donors (Lipinski definition) is 2. The molecule has 0 atom stereocenters. The van der Waals surface area contributed by atoms with Crippen LogP contribution in [0.3, 0.4) is 0 Å². The summed E-state index contributed by atoms with van der Waals surface area (Å²) in [4.78, 5) is 20.6. The van der Waals surface area contributed by atoms with E-state index in [9.17, 15) is 4.79 Å². The number of rotatable bonds is 3. The number of nitrogens with one attached hydrogen (secondary N) is 1. The van der Waals surface area contributed by atoms with Gasteiger partial charge in [0.15, 0.2) is 0 Å². The van der Waals surface area contributed by atoms with E-state index in [0.717, 1.165) is 48.0 Å². The van der Waals surface area contributed by atoms with Crippen molar-refractivity contribution < 1.29 is 9.53 Å². The largest absolute Gasteiger partial charge is 0.446 e. The van der Waals surface area contributed by atoms with E-state index in [2.05, 4.69) is 36.9 Å². The number of hydrogen-bond acceptors (Lipinski definition) is 4. The maximum absolute atomic E-state index is 10.8. The molecular weight excluding hydrogens is 336 g/mol. The lowest BCUT2D eigenvalue weighted by Crippen LogP contribution is -2.38. The van der Waals surface area contributed by atoms with Crippen LogP contribution in [0.25, 0.3) is 11.0 Å². The van der Waals surface area contributed by atoms with E-state index < -0.39 is 6.09 Å². The minimum Gasteiger partial charge on any atom is -0.446 e. The van der Waals surface area contributed by atoms with Crippen LogP contribution in [-0.2, 0) is 11.3 Å². The first-order chi connectivity index (χ1) is 10.1. The second kappa shape index (κ2) is 6.03. The zero-order valence-corrected chi connectivity index (χ0v) is 13.1. The van der Waals surface area contributed by atoms with Crippen LogP contribution in [0.15, 0.2) is 22.9 Å². The number of aromatic nitrogens is 2. The molecule has 3 rings (SSSR count). The molecule has 0 saturated carbocycles. The van der Waals surface area contributed by atoms with Gasteiger partial charge in [-0.1, -0.05) is 0 Å². The van der Waals surface area contributed by atoms with Crippen LogP contribution < -0.4 is 5.73 Å². The molecule has 1 saturated heterocycles. The van der Waals surface area contributed by atoms with Gasteiger partial charge < -0.3 is 15.5 Å². The van der Waals surface area contributed by atoms with E-state index in [4.69, 9.17) is 10.5 Å². The Morgan fingerprint density at radius 3 is 3.00 bits per heavy atom. The van der Waals surface area contributed by atoms with Gasteiger partial charge in [0.25, 0.3) is 0 Å². The van der Waals surface area contributed by atoms with Crippen LogP contribution in [0.4, 0.5) is 4.79 Å². The number of carbonyl (C=O) groups is 1. The van der Waals surface area contributed by atoms with Crippen molar-refractivity contribution in [3.05, 3.63) is 28.5 Å². The van der Waals surface area contributed by atoms with E-state index in [1.165, 1.54) is 5.56 Å². The van der Waals surface area contributed by atoms with Gasteiger partial charge in [-0.05, 0) is 40.4 Å². The van der Waals surface area contributed by atoms with Gasteiger partial charge in [0, 0.05) is 41.9 Å². The topological polar surface area (TPSA) is 84.2 Å². The summed E-state index contributed by atoms with van der Waals surface area (Å²) in [5.41, 5.74) is 7.19. The van der Waals surface area contributed by atoms with Crippen molar-refractivity contribution in [1.29, 1.82) is 0 Å². The van der Waals surface area contributed by atoms with Gasteiger partial charge in [-0.2, -0.15) is 0 Å². The van der Waals surface area contributed by atoms with E-state index in [1.807, 2.05) is 6.20 Å². The fourth-order valence-corrected chi connectivity index (χ4v) is 3.08. The molecule has 112 valence electrons. The molecule has 1 aliphatic rings. The molecule has 2 aromatic rings. The maximum Gasteiger partial charge on any atom is 0.404 e. The number of fused-ring (bicyclic) bond motifs is 1.